The van der Waals surface area contributed by atoms with Crippen molar-refractivity contribution in [1.29, 1.82) is 0 Å². The molecule has 6 nitrogen and oxygen atoms in total. The molecular formula is C14H19NO5. The highest BCUT2D eigenvalue weighted by Gasteiger charge is 2.16. The van der Waals surface area contributed by atoms with Gasteiger partial charge in [0.15, 0.2) is 0 Å². The maximum Gasteiger partial charge on any atom is 0.339 e. The second-order valence-corrected chi connectivity index (χ2v) is 4.30. The molecule has 1 heterocycles. The lowest BCUT2D eigenvalue weighted by atomic mass is 10.2. The fourth-order valence-electron chi connectivity index (χ4n) is 1.56. The van der Waals surface area contributed by atoms with Gasteiger partial charge < -0.3 is 19.6 Å². The summed E-state index contributed by atoms with van der Waals surface area (Å²) < 4.78 is 10.5. The smallest absolute Gasteiger partial charge is 0.339 e. The average Bonchev–Trinajstić information content (AvgIpc) is 2.77. The topological polar surface area (TPSA) is 88.8 Å². The van der Waals surface area contributed by atoms with Crippen molar-refractivity contribution in [3.05, 3.63) is 35.8 Å². The molecule has 0 aliphatic heterocycles. The van der Waals surface area contributed by atoms with E-state index in [1.54, 1.807) is 19.9 Å². The van der Waals surface area contributed by atoms with Gasteiger partial charge in [0.1, 0.15) is 23.2 Å². The lowest BCUT2D eigenvalue weighted by Crippen LogP contribution is -2.34. The first kappa shape index (κ1) is 16.0. The van der Waals surface area contributed by atoms with Crippen molar-refractivity contribution < 1.29 is 23.8 Å². The van der Waals surface area contributed by atoms with Gasteiger partial charge in [-0.15, -0.1) is 6.58 Å². The molecule has 0 spiro atoms. The van der Waals surface area contributed by atoms with E-state index in [2.05, 4.69) is 11.9 Å². The third kappa shape index (κ3) is 4.55. The highest BCUT2D eigenvalue weighted by Crippen LogP contribution is 2.14. The average molecular weight is 281 g/mol. The van der Waals surface area contributed by atoms with Gasteiger partial charge in [-0.05, 0) is 26.3 Å². The summed E-state index contributed by atoms with van der Waals surface area (Å²) in [6.45, 7) is 7.33. The van der Waals surface area contributed by atoms with Gasteiger partial charge in [-0.1, -0.05) is 6.08 Å². The third-order valence-corrected chi connectivity index (χ3v) is 2.70. The number of carboxylic acids is 1. The normalized spacial score (nSPS) is 11.9. The minimum absolute atomic E-state index is 0.101. The minimum atomic E-state index is -1.05. The maximum atomic E-state index is 11.7. The van der Waals surface area contributed by atoms with E-state index < -0.39 is 12.1 Å². The van der Waals surface area contributed by atoms with Crippen LogP contribution in [-0.2, 0) is 16.1 Å². The van der Waals surface area contributed by atoms with Crippen molar-refractivity contribution in [2.45, 2.75) is 32.9 Å². The molecule has 1 rings (SSSR count). The van der Waals surface area contributed by atoms with Crippen molar-refractivity contribution in [1.82, 2.24) is 5.32 Å². The van der Waals surface area contributed by atoms with Crippen LogP contribution in [0.25, 0.3) is 0 Å². The quantitative estimate of drug-likeness (QED) is 0.561. The molecule has 0 fully saturated rings. The van der Waals surface area contributed by atoms with Crippen molar-refractivity contribution in [2.75, 3.05) is 6.61 Å². The van der Waals surface area contributed by atoms with Gasteiger partial charge >= 0.3 is 5.97 Å². The number of aryl methyl sites for hydroxylation is 1. The van der Waals surface area contributed by atoms with Crippen LogP contribution in [0.5, 0.6) is 0 Å². The summed E-state index contributed by atoms with van der Waals surface area (Å²) in [6.07, 6.45) is 1.81. The van der Waals surface area contributed by atoms with E-state index in [0.29, 0.717) is 24.5 Å². The Hall–Kier alpha value is -2.08. The number of furan rings is 1. The van der Waals surface area contributed by atoms with Crippen LogP contribution in [0, 0.1) is 6.92 Å². The maximum absolute atomic E-state index is 11.7. The molecule has 2 N–H and O–H groups in total. The molecule has 0 aromatic carbocycles. The molecule has 1 unspecified atom stereocenters. The Morgan fingerprint density at radius 3 is 2.85 bits per heavy atom. The first-order valence-electron chi connectivity index (χ1n) is 6.28. The van der Waals surface area contributed by atoms with Crippen LogP contribution in [0.2, 0.25) is 0 Å². The highest BCUT2D eigenvalue weighted by atomic mass is 16.5. The summed E-state index contributed by atoms with van der Waals surface area (Å²) in [5, 5.41) is 11.5. The van der Waals surface area contributed by atoms with Crippen molar-refractivity contribution in [3.8, 4) is 0 Å². The van der Waals surface area contributed by atoms with Gasteiger partial charge in [-0.25, -0.2) is 4.79 Å². The molecule has 0 saturated heterocycles. The Morgan fingerprint density at radius 1 is 1.60 bits per heavy atom. The predicted molar refractivity (Wildman–Crippen MR) is 72.5 cm³/mol. The summed E-state index contributed by atoms with van der Waals surface area (Å²) >= 11 is 0. The number of nitrogens with one attached hydrogen (secondary N) is 1. The van der Waals surface area contributed by atoms with Crippen LogP contribution in [-0.4, -0.2) is 29.7 Å². The Balaban J connectivity index is 2.46. The van der Waals surface area contributed by atoms with Gasteiger partial charge in [-0.2, -0.15) is 0 Å². The van der Waals surface area contributed by atoms with E-state index in [1.807, 2.05) is 0 Å². The first-order valence-corrected chi connectivity index (χ1v) is 6.28. The van der Waals surface area contributed by atoms with Gasteiger partial charge in [0, 0.05) is 0 Å². The molecule has 1 amide bonds. The standard InChI is InChI=1S/C14H19NO5/c1-4-5-6-19-10(3)13(16)15-8-11-7-12(14(17)18)9(2)20-11/h4,7,10H,1,5-6,8H2,2-3H3,(H,15,16)(H,17,18). The predicted octanol–water partition coefficient (Wildman–Crippen LogP) is 1.88. The molecular weight excluding hydrogens is 262 g/mol. The van der Waals surface area contributed by atoms with E-state index in [4.69, 9.17) is 14.3 Å². The highest BCUT2D eigenvalue weighted by molar-refractivity contribution is 5.88. The number of ether oxygens (including phenoxy) is 1. The number of rotatable bonds is 8. The monoisotopic (exact) mass is 281 g/mol. The van der Waals surface area contributed by atoms with Crippen molar-refractivity contribution in [3.63, 3.8) is 0 Å². The fraction of sp³-hybridized carbons (Fsp3) is 0.429. The second kappa shape index (κ2) is 7.49. The first-order chi connectivity index (χ1) is 9.45. The van der Waals surface area contributed by atoms with Crippen LogP contribution in [0.15, 0.2) is 23.1 Å². The molecule has 1 aromatic rings. The van der Waals surface area contributed by atoms with Crippen molar-refractivity contribution in [2.24, 2.45) is 0 Å². The molecule has 20 heavy (non-hydrogen) atoms. The van der Waals surface area contributed by atoms with E-state index in [0.717, 1.165) is 0 Å². The number of amides is 1. The Kier molecular flexibility index (Phi) is 5.99. The number of carbonyl (C=O) groups excluding carboxylic acids is 1. The fourth-order valence-corrected chi connectivity index (χ4v) is 1.56. The van der Waals surface area contributed by atoms with E-state index >= 15 is 0 Å². The van der Waals surface area contributed by atoms with Gasteiger partial charge in [-0.3, -0.25) is 4.79 Å². The zero-order valence-corrected chi connectivity index (χ0v) is 11.6. The van der Waals surface area contributed by atoms with E-state index in [1.165, 1.54) is 6.07 Å². The molecule has 0 saturated carbocycles. The molecule has 1 atom stereocenters. The molecule has 1 aromatic heterocycles. The number of carbonyl (C=O) groups is 2. The van der Waals surface area contributed by atoms with Crippen molar-refractivity contribution >= 4 is 11.9 Å². The molecule has 0 bridgehead atoms. The summed E-state index contributed by atoms with van der Waals surface area (Å²) in [5.74, 6) is -0.617. The Morgan fingerprint density at radius 2 is 2.30 bits per heavy atom. The molecule has 110 valence electrons. The number of carboxylic acid groups (broad SMARTS) is 1. The zero-order valence-electron chi connectivity index (χ0n) is 11.6. The number of aromatic carboxylic acids is 1. The largest absolute Gasteiger partial charge is 0.478 e. The summed E-state index contributed by atoms with van der Waals surface area (Å²) in [5.41, 5.74) is 0.101. The third-order valence-electron chi connectivity index (χ3n) is 2.70. The zero-order chi connectivity index (χ0) is 15.1. The minimum Gasteiger partial charge on any atom is -0.478 e. The Bertz CT molecular complexity index is 492. The van der Waals surface area contributed by atoms with Crippen LogP contribution in [0.4, 0.5) is 0 Å². The lowest BCUT2D eigenvalue weighted by molar-refractivity contribution is -0.131. The van der Waals surface area contributed by atoms with Gasteiger partial charge in [0.25, 0.3) is 0 Å². The summed E-state index contributed by atoms with van der Waals surface area (Å²) in [4.78, 5) is 22.6. The van der Waals surface area contributed by atoms with Crippen LogP contribution >= 0.6 is 0 Å². The second-order valence-electron chi connectivity index (χ2n) is 4.30. The van der Waals surface area contributed by atoms with Crippen LogP contribution in [0.1, 0.15) is 35.2 Å². The molecule has 0 aliphatic rings. The molecule has 0 radical (unpaired) electrons. The molecule has 0 aliphatic carbocycles. The Labute approximate surface area is 117 Å². The number of hydrogen-bond donors (Lipinski definition) is 2. The number of hydrogen-bond acceptors (Lipinski definition) is 4. The van der Waals surface area contributed by atoms with E-state index in [-0.39, 0.29) is 18.0 Å². The van der Waals surface area contributed by atoms with Crippen LogP contribution < -0.4 is 5.32 Å². The van der Waals surface area contributed by atoms with Crippen LogP contribution in [0.3, 0.4) is 0 Å². The van der Waals surface area contributed by atoms with E-state index in [9.17, 15) is 9.59 Å². The van der Waals surface area contributed by atoms with Gasteiger partial charge in [0.05, 0.1) is 13.2 Å². The van der Waals surface area contributed by atoms with Gasteiger partial charge in [0.2, 0.25) is 5.91 Å². The lowest BCUT2D eigenvalue weighted by Gasteiger charge is -2.11. The summed E-state index contributed by atoms with van der Waals surface area (Å²) in [7, 11) is 0. The SMILES string of the molecule is C=CCCOC(C)C(=O)NCc1cc(C(=O)O)c(C)o1. The molecule has 6 heteroatoms. The summed E-state index contributed by atoms with van der Waals surface area (Å²) in [6, 6.07) is 1.40.